The summed E-state index contributed by atoms with van der Waals surface area (Å²) in [6, 6.07) is 11.7. The van der Waals surface area contributed by atoms with Gasteiger partial charge >= 0.3 is 0 Å². The normalized spacial score (nSPS) is 11.4. The van der Waals surface area contributed by atoms with Crippen molar-refractivity contribution < 1.29 is 0 Å². The van der Waals surface area contributed by atoms with Crippen LogP contribution < -0.4 is 0 Å². The Bertz CT molecular complexity index is 704. The molecule has 0 aliphatic rings. The Balaban J connectivity index is 2.19. The molecule has 110 valence electrons. The highest BCUT2D eigenvalue weighted by molar-refractivity contribution is 5.65. The van der Waals surface area contributed by atoms with E-state index in [1.165, 1.54) is 0 Å². The molecule has 0 radical (unpaired) electrons. The number of hydrogen-bond acceptors (Lipinski definition) is 4. The molecule has 0 amide bonds. The van der Waals surface area contributed by atoms with Crippen molar-refractivity contribution in [1.82, 2.24) is 19.9 Å². The third-order valence-corrected chi connectivity index (χ3v) is 3.28. The molecule has 0 unspecified atom stereocenters. The quantitative estimate of drug-likeness (QED) is 0.718. The molecular formula is C18H18N4. The van der Waals surface area contributed by atoms with Gasteiger partial charge in [-0.15, -0.1) is 0 Å². The molecule has 0 N–H and O–H groups in total. The van der Waals surface area contributed by atoms with Crippen molar-refractivity contribution in [2.75, 3.05) is 0 Å². The van der Waals surface area contributed by atoms with Gasteiger partial charge in [-0.2, -0.15) is 0 Å². The predicted molar refractivity (Wildman–Crippen MR) is 87.2 cm³/mol. The molecule has 0 aliphatic carbocycles. The summed E-state index contributed by atoms with van der Waals surface area (Å²) >= 11 is 0. The summed E-state index contributed by atoms with van der Waals surface area (Å²) in [4.78, 5) is 18.0. The van der Waals surface area contributed by atoms with E-state index >= 15 is 0 Å². The first kappa shape index (κ1) is 14.3. The Kier molecular flexibility index (Phi) is 3.67. The highest BCUT2D eigenvalue weighted by Crippen LogP contribution is 2.26. The summed E-state index contributed by atoms with van der Waals surface area (Å²) in [7, 11) is 0. The molecule has 0 aromatic carbocycles. The maximum Gasteiger partial charge on any atom is 0.135 e. The minimum absolute atomic E-state index is 0.137. The predicted octanol–water partition coefficient (Wildman–Crippen LogP) is 3.90. The lowest BCUT2D eigenvalue weighted by atomic mass is 9.95. The Labute approximate surface area is 130 Å². The molecule has 0 saturated heterocycles. The van der Waals surface area contributed by atoms with Gasteiger partial charge < -0.3 is 0 Å². The molecule has 3 aromatic rings. The van der Waals surface area contributed by atoms with Crippen LogP contribution in [0.3, 0.4) is 0 Å². The van der Waals surface area contributed by atoms with Gasteiger partial charge in [-0.25, -0.2) is 9.97 Å². The van der Waals surface area contributed by atoms with Gasteiger partial charge in [-0.1, -0.05) is 26.8 Å². The van der Waals surface area contributed by atoms with Crippen molar-refractivity contribution in [3.05, 3.63) is 60.8 Å². The smallest absolute Gasteiger partial charge is 0.135 e. The van der Waals surface area contributed by atoms with Crippen LogP contribution >= 0.6 is 0 Å². The zero-order valence-electron chi connectivity index (χ0n) is 13.0. The van der Waals surface area contributed by atoms with E-state index in [2.05, 4.69) is 30.7 Å². The standard InChI is InChI=1S/C18H18N4/c1-18(2,3)17-21-15(13-7-6-9-19-12-13)11-16(22-17)14-8-4-5-10-20-14/h4-12H,1-3H3. The summed E-state index contributed by atoms with van der Waals surface area (Å²) < 4.78 is 0. The van der Waals surface area contributed by atoms with Gasteiger partial charge in [0.25, 0.3) is 0 Å². The van der Waals surface area contributed by atoms with Gasteiger partial charge in [-0.05, 0) is 30.3 Å². The molecule has 0 bridgehead atoms. The van der Waals surface area contributed by atoms with Gasteiger partial charge in [0, 0.05) is 29.6 Å². The summed E-state index contributed by atoms with van der Waals surface area (Å²) in [6.45, 7) is 6.33. The van der Waals surface area contributed by atoms with E-state index in [9.17, 15) is 0 Å². The van der Waals surface area contributed by atoms with E-state index in [0.717, 1.165) is 28.5 Å². The molecule has 22 heavy (non-hydrogen) atoms. The van der Waals surface area contributed by atoms with Gasteiger partial charge in [-0.3, -0.25) is 9.97 Å². The van der Waals surface area contributed by atoms with Crippen LogP contribution in [0.1, 0.15) is 26.6 Å². The van der Waals surface area contributed by atoms with Crippen LogP contribution in [0.2, 0.25) is 0 Å². The Morgan fingerprint density at radius 3 is 2.27 bits per heavy atom. The van der Waals surface area contributed by atoms with E-state index < -0.39 is 0 Å². The number of hydrogen-bond donors (Lipinski definition) is 0. The molecule has 0 atom stereocenters. The Morgan fingerprint density at radius 1 is 0.818 bits per heavy atom. The zero-order chi connectivity index (χ0) is 15.6. The molecule has 3 heterocycles. The van der Waals surface area contributed by atoms with E-state index in [1.54, 1.807) is 12.4 Å². The van der Waals surface area contributed by atoms with Crippen LogP contribution in [0.15, 0.2) is 55.0 Å². The van der Waals surface area contributed by atoms with E-state index in [1.807, 2.05) is 42.6 Å². The largest absolute Gasteiger partial charge is 0.264 e. The fourth-order valence-corrected chi connectivity index (χ4v) is 2.09. The van der Waals surface area contributed by atoms with Crippen molar-refractivity contribution in [2.24, 2.45) is 0 Å². The molecular weight excluding hydrogens is 272 g/mol. The Hall–Kier alpha value is -2.62. The van der Waals surface area contributed by atoms with Crippen LogP contribution in [0, 0.1) is 0 Å². The third-order valence-electron chi connectivity index (χ3n) is 3.28. The third kappa shape index (κ3) is 3.01. The van der Waals surface area contributed by atoms with E-state index in [-0.39, 0.29) is 5.41 Å². The van der Waals surface area contributed by atoms with Crippen molar-refractivity contribution >= 4 is 0 Å². The summed E-state index contributed by atoms with van der Waals surface area (Å²) in [5.41, 5.74) is 3.39. The maximum atomic E-state index is 4.72. The average Bonchev–Trinajstić information content (AvgIpc) is 2.55. The molecule has 0 fully saturated rings. The van der Waals surface area contributed by atoms with Gasteiger partial charge in [0.2, 0.25) is 0 Å². The van der Waals surface area contributed by atoms with Crippen molar-refractivity contribution in [1.29, 1.82) is 0 Å². The highest BCUT2D eigenvalue weighted by atomic mass is 14.9. The van der Waals surface area contributed by atoms with E-state index in [0.29, 0.717) is 0 Å². The highest BCUT2D eigenvalue weighted by Gasteiger charge is 2.20. The topological polar surface area (TPSA) is 51.6 Å². The zero-order valence-corrected chi connectivity index (χ0v) is 13.0. The second-order valence-corrected chi connectivity index (χ2v) is 6.17. The molecule has 0 aliphatic heterocycles. The Morgan fingerprint density at radius 2 is 1.64 bits per heavy atom. The van der Waals surface area contributed by atoms with Crippen molar-refractivity contribution in [3.63, 3.8) is 0 Å². The average molecular weight is 290 g/mol. The number of rotatable bonds is 2. The van der Waals surface area contributed by atoms with Crippen LogP contribution in [0.4, 0.5) is 0 Å². The summed E-state index contributed by atoms with van der Waals surface area (Å²) in [5.74, 6) is 0.800. The van der Waals surface area contributed by atoms with Crippen LogP contribution in [0.5, 0.6) is 0 Å². The second kappa shape index (κ2) is 5.64. The summed E-state index contributed by atoms with van der Waals surface area (Å²) in [6.07, 6.45) is 5.35. The number of pyridine rings is 2. The first-order valence-corrected chi connectivity index (χ1v) is 7.25. The van der Waals surface area contributed by atoms with Gasteiger partial charge in [0.15, 0.2) is 0 Å². The molecule has 0 saturated carbocycles. The number of nitrogens with zero attached hydrogens (tertiary/aromatic N) is 4. The fourth-order valence-electron chi connectivity index (χ4n) is 2.09. The van der Waals surface area contributed by atoms with Gasteiger partial charge in [0.1, 0.15) is 5.82 Å². The molecule has 3 rings (SSSR count). The molecule has 4 heteroatoms. The lowest BCUT2D eigenvalue weighted by Crippen LogP contribution is -2.17. The van der Waals surface area contributed by atoms with Gasteiger partial charge in [0.05, 0.1) is 17.1 Å². The van der Waals surface area contributed by atoms with Crippen molar-refractivity contribution in [3.8, 4) is 22.6 Å². The molecule has 3 aromatic heterocycles. The van der Waals surface area contributed by atoms with Crippen molar-refractivity contribution in [2.45, 2.75) is 26.2 Å². The minimum Gasteiger partial charge on any atom is -0.264 e. The van der Waals surface area contributed by atoms with Crippen LogP contribution in [-0.2, 0) is 5.41 Å². The van der Waals surface area contributed by atoms with Crippen LogP contribution in [0.25, 0.3) is 22.6 Å². The lowest BCUT2D eigenvalue weighted by Gasteiger charge is -2.18. The fraction of sp³-hybridized carbons (Fsp3) is 0.222. The monoisotopic (exact) mass is 290 g/mol. The SMILES string of the molecule is CC(C)(C)c1nc(-c2cccnc2)cc(-c2ccccn2)n1. The molecule has 0 spiro atoms. The molecule has 4 nitrogen and oxygen atoms in total. The summed E-state index contributed by atoms with van der Waals surface area (Å²) in [5, 5.41) is 0. The van der Waals surface area contributed by atoms with Crippen LogP contribution in [-0.4, -0.2) is 19.9 Å². The first-order valence-electron chi connectivity index (χ1n) is 7.25. The lowest BCUT2D eigenvalue weighted by molar-refractivity contribution is 0.546. The number of aromatic nitrogens is 4. The maximum absolute atomic E-state index is 4.72. The van der Waals surface area contributed by atoms with E-state index in [4.69, 9.17) is 9.97 Å². The second-order valence-electron chi connectivity index (χ2n) is 6.17. The first-order chi connectivity index (χ1) is 10.5. The minimum atomic E-state index is -0.137.